The van der Waals surface area contributed by atoms with E-state index >= 15 is 0 Å². The van der Waals surface area contributed by atoms with Crippen LogP contribution in [0.5, 0.6) is 0 Å². The third-order valence-electron chi connectivity index (χ3n) is 5.55. The summed E-state index contributed by atoms with van der Waals surface area (Å²) < 4.78 is 6.92. The summed E-state index contributed by atoms with van der Waals surface area (Å²) in [4.78, 5) is 28.0. The molecule has 0 saturated heterocycles. The molecule has 1 aliphatic carbocycles. The van der Waals surface area contributed by atoms with E-state index in [1.54, 1.807) is 0 Å². The van der Waals surface area contributed by atoms with Crippen molar-refractivity contribution in [1.29, 1.82) is 0 Å². The minimum absolute atomic E-state index is 0.0420. The van der Waals surface area contributed by atoms with Crippen LogP contribution in [0.3, 0.4) is 0 Å². The average Bonchev–Trinajstić information content (AvgIpc) is 3.28. The summed E-state index contributed by atoms with van der Waals surface area (Å²) in [5, 5.41) is 11.7. The molecule has 2 heterocycles. The number of carbonyl (C=O) groups is 1. The van der Waals surface area contributed by atoms with E-state index < -0.39 is 10.9 Å². The van der Waals surface area contributed by atoms with Crippen LogP contribution in [-0.2, 0) is 4.74 Å². The van der Waals surface area contributed by atoms with Gasteiger partial charge in [0, 0.05) is 11.6 Å². The summed E-state index contributed by atoms with van der Waals surface area (Å²) in [5.41, 5.74) is 1.84. The second-order valence-corrected chi connectivity index (χ2v) is 9.08. The largest absolute Gasteiger partial charge is 0.465 e. The van der Waals surface area contributed by atoms with E-state index in [4.69, 9.17) is 11.6 Å². The van der Waals surface area contributed by atoms with Crippen LogP contribution in [0.25, 0.3) is 21.5 Å². The first-order chi connectivity index (χ1) is 13.9. The summed E-state index contributed by atoms with van der Waals surface area (Å²) >= 11 is 7.15. The molecule has 2 aromatic heterocycles. The highest BCUT2D eigenvalue weighted by molar-refractivity contribution is 7.20. The molecular formula is C20H20ClN3O4S. The lowest BCUT2D eigenvalue weighted by molar-refractivity contribution is -0.384. The molecule has 1 saturated carbocycles. The number of imidazole rings is 1. The summed E-state index contributed by atoms with van der Waals surface area (Å²) in [5.74, 6) is -0.126. The molecule has 0 spiro atoms. The quantitative estimate of drug-likeness (QED) is 0.292. The molecule has 2 atom stereocenters. The van der Waals surface area contributed by atoms with Gasteiger partial charge in [0.25, 0.3) is 0 Å². The molecule has 0 amide bonds. The zero-order chi connectivity index (χ0) is 20.7. The topological polar surface area (TPSA) is 87.3 Å². The van der Waals surface area contributed by atoms with Gasteiger partial charge in [0.15, 0.2) is 5.56 Å². The highest BCUT2D eigenvalue weighted by atomic mass is 35.5. The van der Waals surface area contributed by atoms with Crippen LogP contribution in [0.1, 0.15) is 49.0 Å². The van der Waals surface area contributed by atoms with Gasteiger partial charge in [-0.15, -0.1) is 11.3 Å². The fraction of sp³-hybridized carbons (Fsp3) is 0.400. The van der Waals surface area contributed by atoms with Gasteiger partial charge in [-0.25, -0.2) is 9.78 Å². The Bertz CT molecular complexity index is 1110. The van der Waals surface area contributed by atoms with Crippen LogP contribution in [0.15, 0.2) is 24.5 Å². The monoisotopic (exact) mass is 433 g/mol. The Balaban J connectivity index is 1.78. The molecule has 2 unspecified atom stereocenters. The van der Waals surface area contributed by atoms with Gasteiger partial charge < -0.3 is 9.30 Å². The number of hydrogen-bond donors (Lipinski definition) is 0. The number of aromatic nitrogens is 2. The van der Waals surface area contributed by atoms with Crippen molar-refractivity contribution in [3.63, 3.8) is 0 Å². The van der Waals surface area contributed by atoms with Crippen LogP contribution >= 0.6 is 22.9 Å². The van der Waals surface area contributed by atoms with Crippen LogP contribution in [0.2, 0.25) is 4.34 Å². The number of ether oxygens (including phenoxy) is 1. The Morgan fingerprint density at radius 1 is 1.41 bits per heavy atom. The second-order valence-electron chi connectivity index (χ2n) is 7.46. The summed E-state index contributed by atoms with van der Waals surface area (Å²) in [6, 6.07) is 6.00. The third-order valence-corrected chi connectivity index (χ3v) is 6.99. The molecular weight excluding hydrogens is 414 g/mol. The van der Waals surface area contributed by atoms with Crippen molar-refractivity contribution in [1.82, 2.24) is 9.55 Å². The van der Waals surface area contributed by atoms with Crippen LogP contribution < -0.4 is 0 Å². The fourth-order valence-corrected chi connectivity index (χ4v) is 5.54. The van der Waals surface area contributed by atoms with Gasteiger partial charge in [-0.1, -0.05) is 37.4 Å². The van der Waals surface area contributed by atoms with Crippen molar-refractivity contribution >= 4 is 45.6 Å². The van der Waals surface area contributed by atoms with Crippen LogP contribution in [-0.4, -0.2) is 27.6 Å². The molecule has 152 valence electrons. The number of nitrogens with zero attached hydrogens (tertiary/aromatic N) is 3. The maximum atomic E-state index is 12.0. The third kappa shape index (κ3) is 3.51. The number of methoxy groups -OCH3 is 1. The lowest BCUT2D eigenvalue weighted by atomic mass is 9.87. The summed E-state index contributed by atoms with van der Waals surface area (Å²) in [6.45, 7) is 2.28. The predicted octanol–water partition coefficient (Wildman–Crippen LogP) is 5.86. The number of halogens is 1. The summed E-state index contributed by atoms with van der Waals surface area (Å²) in [7, 11) is 1.17. The average molecular weight is 434 g/mol. The number of rotatable bonds is 4. The molecule has 0 bridgehead atoms. The van der Waals surface area contributed by atoms with Gasteiger partial charge in [0.2, 0.25) is 0 Å². The van der Waals surface area contributed by atoms with E-state index in [1.165, 1.54) is 20.0 Å². The Hall–Kier alpha value is -2.45. The van der Waals surface area contributed by atoms with Gasteiger partial charge in [-0.3, -0.25) is 10.1 Å². The number of thiophene rings is 1. The van der Waals surface area contributed by atoms with E-state index in [0.29, 0.717) is 22.4 Å². The van der Waals surface area contributed by atoms with Crippen molar-refractivity contribution in [2.75, 3.05) is 7.11 Å². The first kappa shape index (κ1) is 19.8. The number of carbonyl (C=O) groups excluding carboxylic acids is 1. The molecule has 0 N–H and O–H groups in total. The molecule has 4 rings (SSSR count). The SMILES string of the molecule is COC(=O)c1c(Cl)sc(-c2ccc3c(c2)ncn3C2CCCC(C)C2)c1[N+](=O)[O-]. The van der Waals surface area contributed by atoms with E-state index in [0.717, 1.165) is 35.2 Å². The lowest BCUT2D eigenvalue weighted by Gasteiger charge is -2.28. The second kappa shape index (κ2) is 7.76. The first-order valence-electron chi connectivity index (χ1n) is 9.42. The Kier molecular flexibility index (Phi) is 5.31. The van der Waals surface area contributed by atoms with Crippen molar-refractivity contribution in [2.24, 2.45) is 5.92 Å². The maximum absolute atomic E-state index is 12.0. The zero-order valence-electron chi connectivity index (χ0n) is 16.1. The Labute approximate surface area is 176 Å². The maximum Gasteiger partial charge on any atom is 0.347 e. The van der Waals surface area contributed by atoms with Gasteiger partial charge in [-0.05, 0) is 30.9 Å². The van der Waals surface area contributed by atoms with Crippen LogP contribution in [0.4, 0.5) is 5.69 Å². The van der Waals surface area contributed by atoms with E-state index in [9.17, 15) is 14.9 Å². The zero-order valence-corrected chi connectivity index (χ0v) is 17.6. The molecule has 1 aliphatic rings. The molecule has 0 radical (unpaired) electrons. The lowest BCUT2D eigenvalue weighted by Crippen LogP contribution is -2.16. The minimum atomic E-state index is -0.819. The molecule has 3 aromatic rings. The molecule has 9 heteroatoms. The standard InChI is InChI=1S/C20H20ClN3O4S/c1-11-4-3-5-13(8-11)23-10-22-14-9-12(6-7-15(14)23)18-17(24(26)27)16(19(21)29-18)20(25)28-2/h6-7,9-11,13H,3-5,8H2,1-2H3. The Morgan fingerprint density at radius 3 is 2.90 bits per heavy atom. The molecule has 1 aromatic carbocycles. The van der Waals surface area contributed by atoms with Crippen molar-refractivity contribution < 1.29 is 14.5 Å². The number of benzene rings is 1. The number of hydrogen-bond acceptors (Lipinski definition) is 6. The molecule has 29 heavy (non-hydrogen) atoms. The minimum Gasteiger partial charge on any atom is -0.465 e. The van der Waals surface area contributed by atoms with Crippen molar-refractivity contribution in [3.05, 3.63) is 44.5 Å². The first-order valence-corrected chi connectivity index (χ1v) is 10.6. The van der Waals surface area contributed by atoms with Gasteiger partial charge in [0.05, 0.1) is 29.4 Å². The summed E-state index contributed by atoms with van der Waals surface area (Å²) in [6.07, 6.45) is 6.58. The van der Waals surface area contributed by atoms with E-state index in [1.807, 2.05) is 24.5 Å². The number of esters is 1. The van der Waals surface area contributed by atoms with Gasteiger partial charge >= 0.3 is 11.7 Å². The number of nitro groups is 1. The molecule has 1 fully saturated rings. The van der Waals surface area contributed by atoms with Crippen LogP contribution in [0, 0.1) is 16.0 Å². The highest BCUT2D eigenvalue weighted by Gasteiger charge is 2.33. The normalized spacial score (nSPS) is 19.4. The number of fused-ring (bicyclic) bond motifs is 1. The molecule has 0 aliphatic heterocycles. The predicted molar refractivity (Wildman–Crippen MR) is 113 cm³/mol. The van der Waals surface area contributed by atoms with E-state index in [2.05, 4.69) is 21.2 Å². The fourth-order valence-electron chi connectivity index (χ4n) is 4.16. The smallest absolute Gasteiger partial charge is 0.347 e. The highest BCUT2D eigenvalue weighted by Crippen LogP contribution is 2.46. The molecule has 7 nitrogen and oxygen atoms in total. The van der Waals surface area contributed by atoms with Crippen molar-refractivity contribution in [3.8, 4) is 10.4 Å². The Morgan fingerprint density at radius 2 is 2.21 bits per heavy atom. The van der Waals surface area contributed by atoms with Crippen molar-refractivity contribution in [2.45, 2.75) is 38.6 Å². The van der Waals surface area contributed by atoms with Gasteiger partial charge in [0.1, 0.15) is 9.21 Å². The van der Waals surface area contributed by atoms with E-state index in [-0.39, 0.29) is 15.6 Å². The van der Waals surface area contributed by atoms with Gasteiger partial charge in [-0.2, -0.15) is 0 Å².